The zero-order valence-corrected chi connectivity index (χ0v) is 17.1. The van der Waals surface area contributed by atoms with E-state index in [1.807, 2.05) is 42.9 Å². The largest absolute Gasteiger partial charge is 0.515 e. The van der Waals surface area contributed by atoms with Crippen LogP contribution in [0.25, 0.3) is 11.3 Å². The molecule has 1 saturated carbocycles. The summed E-state index contributed by atoms with van der Waals surface area (Å²) >= 11 is 0. The van der Waals surface area contributed by atoms with Crippen LogP contribution >= 0.6 is 0 Å². The molecule has 0 spiro atoms. The zero-order valence-electron chi connectivity index (χ0n) is 17.1. The van der Waals surface area contributed by atoms with Crippen LogP contribution in [0.1, 0.15) is 36.6 Å². The van der Waals surface area contributed by atoms with E-state index in [0.29, 0.717) is 12.0 Å². The normalized spacial score (nSPS) is 27.0. The number of carbonyl (C=O) groups is 1. The number of fused-ring (bicyclic) bond motifs is 3. The van der Waals surface area contributed by atoms with Crippen LogP contribution in [-0.4, -0.2) is 30.9 Å². The molecule has 0 radical (unpaired) electrons. The van der Waals surface area contributed by atoms with Crippen molar-refractivity contribution >= 4 is 5.78 Å². The van der Waals surface area contributed by atoms with Crippen LogP contribution in [0.4, 0.5) is 0 Å². The molecular formula is C24H24N4O2. The van der Waals surface area contributed by atoms with Crippen LogP contribution in [0.15, 0.2) is 60.6 Å². The van der Waals surface area contributed by atoms with Crippen molar-refractivity contribution in [2.75, 3.05) is 0 Å². The van der Waals surface area contributed by atoms with Gasteiger partial charge in [0.15, 0.2) is 5.78 Å². The lowest BCUT2D eigenvalue weighted by atomic mass is 9.52. The second-order valence-electron chi connectivity index (χ2n) is 8.40. The summed E-state index contributed by atoms with van der Waals surface area (Å²) in [4.78, 5) is 12.9. The van der Waals surface area contributed by atoms with E-state index in [4.69, 9.17) is 5.10 Å². The predicted molar refractivity (Wildman–Crippen MR) is 113 cm³/mol. The zero-order chi connectivity index (χ0) is 20.9. The first-order valence-electron chi connectivity index (χ1n) is 10.3. The Morgan fingerprint density at radius 1 is 1.20 bits per heavy atom. The molecule has 0 amide bonds. The third-order valence-electron chi connectivity index (χ3n) is 7.01. The van der Waals surface area contributed by atoms with E-state index in [1.165, 1.54) is 5.56 Å². The number of Topliss-reactive ketones (excluding diaryl/α,β-unsaturated/α-hetero) is 1. The summed E-state index contributed by atoms with van der Waals surface area (Å²) in [5.41, 5.74) is 5.42. The number of aliphatic hydroxyl groups excluding tert-OH is 1. The highest BCUT2D eigenvalue weighted by molar-refractivity contribution is 5.98. The van der Waals surface area contributed by atoms with Crippen LogP contribution in [0.3, 0.4) is 0 Å². The Kier molecular flexibility index (Phi) is 4.31. The number of rotatable bonds is 2. The Balaban J connectivity index is 1.80. The Morgan fingerprint density at radius 3 is 2.70 bits per heavy atom. The summed E-state index contributed by atoms with van der Waals surface area (Å²) in [6.07, 6.45) is 6.68. The van der Waals surface area contributed by atoms with Gasteiger partial charge in [-0.05, 0) is 36.8 Å². The lowest BCUT2D eigenvalue weighted by Crippen LogP contribution is -2.50. The lowest BCUT2D eigenvalue weighted by molar-refractivity contribution is -0.123. The fourth-order valence-corrected chi connectivity index (χ4v) is 5.73. The fourth-order valence-electron chi connectivity index (χ4n) is 5.73. The molecule has 6 nitrogen and oxygen atoms in total. The molecule has 2 aliphatic carbocycles. The van der Waals surface area contributed by atoms with Crippen molar-refractivity contribution in [2.24, 2.45) is 18.9 Å². The maximum atomic E-state index is 12.9. The number of carbonyl (C=O) groups excluding carboxylic acids is 1. The second-order valence-corrected chi connectivity index (χ2v) is 8.40. The van der Waals surface area contributed by atoms with Crippen LogP contribution in [-0.2, 0) is 23.7 Å². The molecule has 1 aromatic carbocycles. The molecule has 0 aliphatic heterocycles. The van der Waals surface area contributed by atoms with Crippen molar-refractivity contribution in [3.63, 3.8) is 0 Å². The number of aliphatic hydroxyl groups is 1. The van der Waals surface area contributed by atoms with E-state index in [0.717, 1.165) is 41.6 Å². The highest BCUT2D eigenvalue weighted by Gasteiger charge is 2.55. The SMILES string of the molecule is C[C@@H]1C(=O)/C(=C\O)C[C@]2(c3ccccc3)c3nn(C)c(-c4ccnnc4)c3CC[C@@H]12. The number of nitrogens with zero attached hydrogens (tertiary/aromatic N) is 4. The van der Waals surface area contributed by atoms with E-state index < -0.39 is 5.41 Å². The average Bonchev–Trinajstić information content (AvgIpc) is 3.13. The summed E-state index contributed by atoms with van der Waals surface area (Å²) in [6.45, 7) is 2.00. The van der Waals surface area contributed by atoms with Gasteiger partial charge in [0.05, 0.1) is 30.0 Å². The standard InChI is InChI=1S/C24H24N4O2/c1-15-20-9-8-19-21(16-10-11-25-26-13-16)28(2)27-23(19)24(20,12-17(14-29)22(15)30)18-6-4-3-5-7-18/h3-7,10-11,13-15,20,29H,8-9,12H2,1-2H3/b17-14-/t15-,20-,24+/m0/s1. The molecule has 2 aromatic heterocycles. The number of hydrogen-bond donors (Lipinski definition) is 1. The van der Waals surface area contributed by atoms with Gasteiger partial charge in [-0.2, -0.15) is 15.3 Å². The van der Waals surface area contributed by atoms with Gasteiger partial charge < -0.3 is 5.11 Å². The van der Waals surface area contributed by atoms with Crippen molar-refractivity contribution in [3.8, 4) is 11.3 Å². The molecule has 2 aliphatic rings. The van der Waals surface area contributed by atoms with E-state index in [2.05, 4.69) is 22.3 Å². The van der Waals surface area contributed by atoms with E-state index in [1.54, 1.807) is 12.4 Å². The van der Waals surface area contributed by atoms with Gasteiger partial charge in [0.25, 0.3) is 0 Å². The van der Waals surface area contributed by atoms with Crippen LogP contribution < -0.4 is 0 Å². The molecule has 0 unspecified atom stereocenters. The van der Waals surface area contributed by atoms with Crippen molar-refractivity contribution in [2.45, 2.75) is 31.6 Å². The van der Waals surface area contributed by atoms with Gasteiger partial charge in [-0.3, -0.25) is 9.48 Å². The van der Waals surface area contributed by atoms with Gasteiger partial charge in [-0.25, -0.2) is 0 Å². The average molecular weight is 400 g/mol. The highest BCUT2D eigenvalue weighted by Crippen LogP contribution is 2.56. The molecule has 3 aromatic rings. The van der Waals surface area contributed by atoms with Gasteiger partial charge >= 0.3 is 0 Å². The number of aromatic nitrogens is 4. The number of aryl methyl sites for hydroxylation is 1. The number of ketones is 1. The maximum absolute atomic E-state index is 12.9. The van der Waals surface area contributed by atoms with Crippen molar-refractivity contribution in [3.05, 3.63) is 77.4 Å². The topological polar surface area (TPSA) is 80.9 Å². The summed E-state index contributed by atoms with van der Waals surface area (Å²) in [7, 11) is 1.96. The molecular weight excluding hydrogens is 376 g/mol. The summed E-state index contributed by atoms with van der Waals surface area (Å²) in [5, 5.41) is 22.9. The first kappa shape index (κ1) is 18.7. The van der Waals surface area contributed by atoms with Gasteiger partial charge in [-0.1, -0.05) is 37.3 Å². The van der Waals surface area contributed by atoms with E-state index in [9.17, 15) is 9.90 Å². The summed E-state index contributed by atoms with van der Waals surface area (Å²) in [6, 6.07) is 12.3. The minimum absolute atomic E-state index is 0.0481. The minimum atomic E-state index is -0.451. The third kappa shape index (κ3) is 2.49. The summed E-state index contributed by atoms with van der Waals surface area (Å²) < 4.78 is 1.93. The molecule has 30 heavy (non-hydrogen) atoms. The smallest absolute Gasteiger partial charge is 0.165 e. The van der Waals surface area contributed by atoms with Crippen molar-refractivity contribution in [1.82, 2.24) is 20.0 Å². The van der Waals surface area contributed by atoms with Crippen LogP contribution in [0.5, 0.6) is 0 Å². The van der Waals surface area contributed by atoms with Crippen LogP contribution in [0.2, 0.25) is 0 Å². The molecule has 0 bridgehead atoms. The molecule has 1 fully saturated rings. The van der Waals surface area contributed by atoms with Crippen molar-refractivity contribution < 1.29 is 9.90 Å². The molecule has 6 heteroatoms. The van der Waals surface area contributed by atoms with Crippen LogP contribution in [0, 0.1) is 11.8 Å². The first-order valence-corrected chi connectivity index (χ1v) is 10.3. The monoisotopic (exact) mass is 400 g/mol. The lowest BCUT2D eigenvalue weighted by Gasteiger charge is -2.49. The fraction of sp³-hybridized carbons (Fsp3) is 0.333. The molecule has 0 saturated heterocycles. The van der Waals surface area contributed by atoms with Gasteiger partial charge in [-0.15, -0.1) is 0 Å². The van der Waals surface area contributed by atoms with Crippen molar-refractivity contribution in [1.29, 1.82) is 0 Å². The number of allylic oxidation sites excluding steroid dienone is 1. The maximum Gasteiger partial charge on any atom is 0.165 e. The van der Waals surface area contributed by atoms with E-state index >= 15 is 0 Å². The number of benzene rings is 1. The highest BCUT2D eigenvalue weighted by atomic mass is 16.2. The second kappa shape index (κ2) is 6.90. The quantitative estimate of drug-likeness (QED) is 0.523. The Bertz CT molecular complexity index is 1140. The Morgan fingerprint density at radius 2 is 2.00 bits per heavy atom. The minimum Gasteiger partial charge on any atom is -0.515 e. The predicted octanol–water partition coefficient (Wildman–Crippen LogP) is 3.78. The molecule has 5 rings (SSSR count). The third-order valence-corrected chi connectivity index (χ3v) is 7.01. The van der Waals surface area contributed by atoms with Gasteiger partial charge in [0, 0.05) is 35.1 Å². The van der Waals surface area contributed by atoms with E-state index in [-0.39, 0.29) is 17.6 Å². The van der Waals surface area contributed by atoms with Gasteiger partial charge in [0.1, 0.15) is 0 Å². The molecule has 152 valence electrons. The Hall–Kier alpha value is -3.28. The Labute approximate surface area is 175 Å². The summed E-state index contributed by atoms with van der Waals surface area (Å²) in [5.74, 6) is -0.00698. The number of hydrogen-bond acceptors (Lipinski definition) is 5. The molecule has 2 heterocycles. The first-order chi connectivity index (χ1) is 14.6. The molecule has 1 N–H and O–H groups in total. The molecule has 3 atom stereocenters. The van der Waals surface area contributed by atoms with Gasteiger partial charge in [0.2, 0.25) is 0 Å².